The number of ether oxygens (including phenoxy) is 1. The molecule has 0 aliphatic rings. The first-order valence-corrected chi connectivity index (χ1v) is 5.70. The van der Waals surface area contributed by atoms with E-state index >= 15 is 0 Å². The van der Waals surface area contributed by atoms with Gasteiger partial charge in [0.25, 0.3) is 0 Å². The van der Waals surface area contributed by atoms with Crippen LogP contribution in [0.15, 0.2) is 42.5 Å². The summed E-state index contributed by atoms with van der Waals surface area (Å²) in [5.41, 5.74) is 7.21. The number of hydrogen-bond donors (Lipinski definition) is 2. The van der Waals surface area contributed by atoms with Crippen LogP contribution in [0.25, 0.3) is 0 Å². The predicted molar refractivity (Wildman–Crippen MR) is 71.9 cm³/mol. The minimum atomic E-state index is -2.90. The molecule has 0 spiro atoms. The molecule has 102 valence electrons. The number of para-hydroxylation sites is 2. The number of nitrogens with two attached hydrogens (primary N) is 1. The number of nitrogens with one attached hydrogen (secondary N) is 1. The number of rotatable bonds is 4. The van der Waals surface area contributed by atoms with Crippen LogP contribution in [-0.2, 0) is 0 Å². The zero-order chi connectivity index (χ0) is 14.5. The van der Waals surface area contributed by atoms with Crippen molar-refractivity contribution in [1.29, 1.82) is 5.26 Å². The standard InChI is InChI=1S/C14H11F2N3O/c15-14(16)20-13-4-2-1-3-12(13)19-10-5-6-11(18)9(7-10)8-17/h1-7,14,19H,18H2. The average molecular weight is 275 g/mol. The van der Waals surface area contributed by atoms with Gasteiger partial charge in [0.15, 0.2) is 0 Å². The van der Waals surface area contributed by atoms with Gasteiger partial charge in [-0.25, -0.2) is 0 Å². The number of nitrogens with zero attached hydrogens (tertiary/aromatic N) is 1. The monoisotopic (exact) mass is 275 g/mol. The zero-order valence-electron chi connectivity index (χ0n) is 10.3. The maximum Gasteiger partial charge on any atom is 0.387 e. The van der Waals surface area contributed by atoms with Gasteiger partial charge in [-0.2, -0.15) is 14.0 Å². The lowest BCUT2D eigenvalue weighted by atomic mass is 10.1. The second-order valence-corrected chi connectivity index (χ2v) is 3.91. The first-order chi connectivity index (χ1) is 9.60. The van der Waals surface area contributed by atoms with Crippen LogP contribution < -0.4 is 15.8 Å². The first-order valence-electron chi connectivity index (χ1n) is 5.70. The van der Waals surface area contributed by atoms with E-state index in [0.717, 1.165) is 0 Å². The van der Waals surface area contributed by atoms with E-state index in [-0.39, 0.29) is 5.75 Å². The van der Waals surface area contributed by atoms with Crippen molar-refractivity contribution in [2.75, 3.05) is 11.1 Å². The molecule has 2 aromatic carbocycles. The van der Waals surface area contributed by atoms with Crippen LogP contribution in [0.3, 0.4) is 0 Å². The molecular formula is C14H11F2N3O. The van der Waals surface area contributed by atoms with E-state index in [1.807, 2.05) is 6.07 Å². The van der Waals surface area contributed by atoms with Gasteiger partial charge < -0.3 is 15.8 Å². The third kappa shape index (κ3) is 3.14. The van der Waals surface area contributed by atoms with Gasteiger partial charge in [-0.05, 0) is 30.3 Å². The van der Waals surface area contributed by atoms with Crippen molar-refractivity contribution < 1.29 is 13.5 Å². The smallest absolute Gasteiger partial charge is 0.387 e. The van der Waals surface area contributed by atoms with Crippen molar-refractivity contribution in [3.05, 3.63) is 48.0 Å². The van der Waals surface area contributed by atoms with Crippen molar-refractivity contribution in [2.24, 2.45) is 0 Å². The second-order valence-electron chi connectivity index (χ2n) is 3.91. The van der Waals surface area contributed by atoms with Crippen LogP contribution >= 0.6 is 0 Å². The van der Waals surface area contributed by atoms with Crippen molar-refractivity contribution >= 4 is 17.1 Å². The van der Waals surface area contributed by atoms with Crippen molar-refractivity contribution in [2.45, 2.75) is 6.61 Å². The highest BCUT2D eigenvalue weighted by atomic mass is 19.3. The van der Waals surface area contributed by atoms with Crippen molar-refractivity contribution in [1.82, 2.24) is 0 Å². The molecule has 2 rings (SSSR count). The molecule has 0 atom stereocenters. The Labute approximate surface area is 114 Å². The molecule has 0 aliphatic heterocycles. The number of alkyl halides is 2. The van der Waals surface area contributed by atoms with Crippen LogP contribution in [0.1, 0.15) is 5.56 Å². The molecule has 0 fully saturated rings. The fraction of sp³-hybridized carbons (Fsp3) is 0.0714. The Bertz CT molecular complexity index is 653. The molecule has 2 aromatic rings. The normalized spacial score (nSPS) is 10.1. The predicted octanol–water partition coefficient (Wildman–Crippen LogP) is 3.49. The molecule has 20 heavy (non-hydrogen) atoms. The topological polar surface area (TPSA) is 71.1 Å². The van der Waals surface area contributed by atoms with E-state index in [9.17, 15) is 8.78 Å². The Morgan fingerprint density at radius 3 is 2.65 bits per heavy atom. The number of hydrogen-bond acceptors (Lipinski definition) is 4. The number of anilines is 3. The van der Waals surface area contributed by atoms with Gasteiger partial charge in [0.1, 0.15) is 11.8 Å². The Kier molecular flexibility index (Phi) is 4.01. The fourth-order valence-corrected chi connectivity index (χ4v) is 1.66. The number of nitriles is 1. The summed E-state index contributed by atoms with van der Waals surface area (Å²) in [6.45, 7) is -2.90. The summed E-state index contributed by atoms with van der Waals surface area (Å²) in [5.74, 6) is 0.0258. The van der Waals surface area contributed by atoms with Gasteiger partial charge in [-0.1, -0.05) is 12.1 Å². The lowest BCUT2D eigenvalue weighted by Crippen LogP contribution is -2.04. The maximum absolute atomic E-state index is 12.3. The number of benzene rings is 2. The summed E-state index contributed by atoms with van der Waals surface area (Å²) in [6.07, 6.45) is 0. The van der Waals surface area contributed by atoms with E-state index in [1.165, 1.54) is 12.1 Å². The minimum Gasteiger partial charge on any atom is -0.433 e. The van der Waals surface area contributed by atoms with Gasteiger partial charge in [-0.15, -0.1) is 0 Å². The van der Waals surface area contributed by atoms with E-state index in [0.29, 0.717) is 22.6 Å². The number of halogens is 2. The van der Waals surface area contributed by atoms with Gasteiger partial charge in [0, 0.05) is 11.4 Å². The molecule has 0 aromatic heterocycles. The van der Waals surface area contributed by atoms with E-state index in [2.05, 4.69) is 10.1 Å². The molecule has 6 heteroatoms. The molecule has 4 nitrogen and oxygen atoms in total. The summed E-state index contributed by atoms with van der Waals surface area (Å²) >= 11 is 0. The summed E-state index contributed by atoms with van der Waals surface area (Å²) in [7, 11) is 0. The highest BCUT2D eigenvalue weighted by Gasteiger charge is 2.09. The van der Waals surface area contributed by atoms with Crippen LogP contribution in [0, 0.1) is 11.3 Å². The Morgan fingerprint density at radius 1 is 1.20 bits per heavy atom. The third-order valence-electron chi connectivity index (χ3n) is 2.56. The molecule has 0 radical (unpaired) electrons. The molecule has 0 heterocycles. The molecular weight excluding hydrogens is 264 g/mol. The fourth-order valence-electron chi connectivity index (χ4n) is 1.66. The highest BCUT2D eigenvalue weighted by Crippen LogP contribution is 2.29. The lowest BCUT2D eigenvalue weighted by Gasteiger charge is -2.13. The quantitative estimate of drug-likeness (QED) is 0.838. The van der Waals surface area contributed by atoms with Gasteiger partial charge in [0.2, 0.25) is 0 Å². The summed E-state index contributed by atoms with van der Waals surface area (Å²) in [6, 6.07) is 13.0. The summed E-state index contributed by atoms with van der Waals surface area (Å²) < 4.78 is 29.0. The largest absolute Gasteiger partial charge is 0.433 e. The molecule has 0 aliphatic carbocycles. The van der Waals surface area contributed by atoms with E-state index in [1.54, 1.807) is 30.3 Å². The Balaban J connectivity index is 2.28. The highest BCUT2D eigenvalue weighted by molar-refractivity contribution is 5.70. The molecule has 0 saturated carbocycles. The van der Waals surface area contributed by atoms with Gasteiger partial charge >= 0.3 is 6.61 Å². The van der Waals surface area contributed by atoms with Crippen LogP contribution in [0.2, 0.25) is 0 Å². The van der Waals surface area contributed by atoms with Crippen LogP contribution in [0.5, 0.6) is 5.75 Å². The van der Waals surface area contributed by atoms with E-state index in [4.69, 9.17) is 11.0 Å². The molecule has 0 bridgehead atoms. The van der Waals surface area contributed by atoms with Crippen LogP contribution in [-0.4, -0.2) is 6.61 Å². The third-order valence-corrected chi connectivity index (χ3v) is 2.56. The average Bonchev–Trinajstić information content (AvgIpc) is 2.42. The zero-order valence-corrected chi connectivity index (χ0v) is 10.3. The summed E-state index contributed by atoms with van der Waals surface area (Å²) in [4.78, 5) is 0. The van der Waals surface area contributed by atoms with Crippen LogP contribution in [0.4, 0.5) is 25.8 Å². The molecule has 0 saturated heterocycles. The van der Waals surface area contributed by atoms with Gasteiger partial charge in [0.05, 0.1) is 11.3 Å². The van der Waals surface area contributed by atoms with Crippen molar-refractivity contribution in [3.63, 3.8) is 0 Å². The Hall–Kier alpha value is -2.81. The molecule has 3 N–H and O–H groups in total. The van der Waals surface area contributed by atoms with Crippen molar-refractivity contribution in [3.8, 4) is 11.8 Å². The van der Waals surface area contributed by atoms with E-state index < -0.39 is 6.61 Å². The molecule has 0 unspecified atom stereocenters. The Morgan fingerprint density at radius 2 is 1.95 bits per heavy atom. The SMILES string of the molecule is N#Cc1cc(Nc2ccccc2OC(F)F)ccc1N. The lowest BCUT2D eigenvalue weighted by molar-refractivity contribution is -0.0493. The minimum absolute atomic E-state index is 0.0258. The number of nitrogen functional groups attached to an aromatic ring is 1. The summed E-state index contributed by atoms with van der Waals surface area (Å²) in [5, 5.41) is 11.8. The first kappa shape index (κ1) is 13.6. The van der Waals surface area contributed by atoms with Gasteiger partial charge in [-0.3, -0.25) is 0 Å². The molecule has 0 amide bonds. The maximum atomic E-state index is 12.3. The second kappa shape index (κ2) is 5.89.